The third-order valence-corrected chi connectivity index (χ3v) is 3.40. The predicted octanol–water partition coefficient (Wildman–Crippen LogP) is 3.30. The number of benzene rings is 2. The van der Waals surface area contributed by atoms with Crippen molar-refractivity contribution >= 4 is 16.8 Å². The molecule has 3 aromatic rings. The first kappa shape index (κ1) is 13.3. The van der Waals surface area contributed by atoms with Gasteiger partial charge >= 0.3 is 5.76 Å². The monoisotopic (exact) mass is 284 g/mol. The van der Waals surface area contributed by atoms with Gasteiger partial charge in [0.15, 0.2) is 5.58 Å². The number of fused-ring (bicyclic) bond motifs is 1. The van der Waals surface area contributed by atoms with Gasteiger partial charge in [0.2, 0.25) is 0 Å². The van der Waals surface area contributed by atoms with E-state index >= 15 is 0 Å². The van der Waals surface area contributed by atoms with E-state index in [1.54, 1.807) is 13.2 Å². The Morgan fingerprint density at radius 2 is 2.10 bits per heavy atom. The molecule has 1 heterocycles. The van der Waals surface area contributed by atoms with E-state index in [2.05, 4.69) is 17.2 Å². The van der Waals surface area contributed by atoms with Crippen molar-refractivity contribution in [2.45, 2.75) is 13.0 Å². The zero-order valence-corrected chi connectivity index (χ0v) is 11.8. The molecule has 0 saturated carbocycles. The summed E-state index contributed by atoms with van der Waals surface area (Å²) in [7, 11) is 1.65. The molecule has 5 nitrogen and oxygen atoms in total. The van der Waals surface area contributed by atoms with Gasteiger partial charge in [-0.1, -0.05) is 12.1 Å². The molecule has 3 rings (SSSR count). The summed E-state index contributed by atoms with van der Waals surface area (Å²) in [5, 5.41) is 3.39. The molecule has 0 spiro atoms. The van der Waals surface area contributed by atoms with Gasteiger partial charge in [-0.3, -0.25) is 4.98 Å². The van der Waals surface area contributed by atoms with Crippen LogP contribution in [0.15, 0.2) is 51.7 Å². The average molecular weight is 284 g/mol. The fourth-order valence-electron chi connectivity index (χ4n) is 2.29. The number of rotatable bonds is 4. The van der Waals surface area contributed by atoms with Crippen LogP contribution in [0.1, 0.15) is 18.5 Å². The highest BCUT2D eigenvalue weighted by molar-refractivity contribution is 5.76. The molecule has 1 atom stereocenters. The van der Waals surface area contributed by atoms with Crippen LogP contribution in [-0.4, -0.2) is 12.1 Å². The highest BCUT2D eigenvalue weighted by atomic mass is 16.5. The third-order valence-electron chi connectivity index (χ3n) is 3.40. The largest absolute Gasteiger partial charge is 0.497 e. The summed E-state index contributed by atoms with van der Waals surface area (Å²) < 4.78 is 10.2. The van der Waals surface area contributed by atoms with E-state index < -0.39 is 5.76 Å². The topological polar surface area (TPSA) is 67.3 Å². The number of oxazole rings is 1. The number of aromatic amines is 1. The molecular formula is C16H16N2O3. The van der Waals surface area contributed by atoms with Crippen LogP contribution in [0.5, 0.6) is 5.75 Å². The number of anilines is 1. The van der Waals surface area contributed by atoms with Crippen molar-refractivity contribution in [1.82, 2.24) is 4.98 Å². The second-order valence-corrected chi connectivity index (χ2v) is 4.87. The van der Waals surface area contributed by atoms with Gasteiger partial charge in [0.05, 0.1) is 12.6 Å². The highest BCUT2D eigenvalue weighted by Crippen LogP contribution is 2.24. The number of aromatic nitrogens is 1. The number of methoxy groups -OCH3 is 1. The molecule has 21 heavy (non-hydrogen) atoms. The maximum atomic E-state index is 11.2. The zero-order valence-electron chi connectivity index (χ0n) is 11.8. The Hall–Kier alpha value is -2.69. The molecule has 2 N–H and O–H groups in total. The summed E-state index contributed by atoms with van der Waals surface area (Å²) in [4.78, 5) is 13.8. The van der Waals surface area contributed by atoms with Crippen molar-refractivity contribution in [2.24, 2.45) is 0 Å². The molecule has 1 unspecified atom stereocenters. The molecule has 2 aromatic carbocycles. The smallest absolute Gasteiger partial charge is 0.417 e. The fraction of sp³-hybridized carbons (Fsp3) is 0.188. The summed E-state index contributed by atoms with van der Waals surface area (Å²) >= 11 is 0. The van der Waals surface area contributed by atoms with Gasteiger partial charge in [-0.05, 0) is 42.8 Å². The lowest BCUT2D eigenvalue weighted by Crippen LogP contribution is -2.06. The van der Waals surface area contributed by atoms with Crippen molar-refractivity contribution in [1.29, 1.82) is 0 Å². The summed E-state index contributed by atoms with van der Waals surface area (Å²) in [6.45, 7) is 2.07. The molecular weight excluding hydrogens is 268 g/mol. The molecule has 0 aliphatic carbocycles. The second-order valence-electron chi connectivity index (χ2n) is 4.87. The lowest BCUT2D eigenvalue weighted by atomic mass is 10.1. The van der Waals surface area contributed by atoms with E-state index in [1.165, 1.54) is 0 Å². The molecule has 0 aliphatic rings. The third kappa shape index (κ3) is 2.76. The van der Waals surface area contributed by atoms with Crippen LogP contribution in [0.25, 0.3) is 11.1 Å². The van der Waals surface area contributed by atoms with Crippen LogP contribution in [0.3, 0.4) is 0 Å². The first-order valence-electron chi connectivity index (χ1n) is 6.69. The highest BCUT2D eigenvalue weighted by Gasteiger charge is 2.08. The number of hydrogen-bond donors (Lipinski definition) is 2. The summed E-state index contributed by atoms with van der Waals surface area (Å²) in [6.07, 6.45) is 0. The van der Waals surface area contributed by atoms with Gasteiger partial charge in [-0.15, -0.1) is 0 Å². The summed E-state index contributed by atoms with van der Waals surface area (Å²) in [6, 6.07) is 13.5. The first-order valence-corrected chi connectivity index (χ1v) is 6.69. The molecule has 0 amide bonds. The summed E-state index contributed by atoms with van der Waals surface area (Å²) in [5.41, 5.74) is 3.27. The average Bonchev–Trinajstić information content (AvgIpc) is 2.86. The fourth-order valence-corrected chi connectivity index (χ4v) is 2.29. The minimum Gasteiger partial charge on any atom is -0.497 e. The van der Waals surface area contributed by atoms with Crippen LogP contribution in [0.2, 0.25) is 0 Å². The van der Waals surface area contributed by atoms with Crippen molar-refractivity contribution < 1.29 is 9.15 Å². The molecule has 5 heteroatoms. The number of ether oxygens (including phenoxy) is 1. The quantitative estimate of drug-likeness (QED) is 0.771. The normalized spacial score (nSPS) is 12.3. The zero-order chi connectivity index (χ0) is 14.8. The van der Waals surface area contributed by atoms with E-state index in [0.29, 0.717) is 11.1 Å². The Labute approximate surface area is 121 Å². The van der Waals surface area contributed by atoms with Crippen LogP contribution >= 0.6 is 0 Å². The second kappa shape index (κ2) is 5.36. The molecule has 0 radical (unpaired) electrons. The molecule has 0 fully saturated rings. The van der Waals surface area contributed by atoms with Gasteiger partial charge in [-0.25, -0.2) is 4.79 Å². The van der Waals surface area contributed by atoms with Crippen molar-refractivity contribution in [3.05, 3.63) is 58.6 Å². The van der Waals surface area contributed by atoms with Crippen molar-refractivity contribution in [3.8, 4) is 5.75 Å². The lowest BCUT2D eigenvalue weighted by Gasteiger charge is -2.16. The van der Waals surface area contributed by atoms with Gasteiger partial charge in [-0.2, -0.15) is 0 Å². The lowest BCUT2D eigenvalue weighted by molar-refractivity contribution is 0.414. The first-order chi connectivity index (χ1) is 10.2. The SMILES string of the molecule is COc1cccc(C(C)Nc2ccc3oc(=O)[nH]c3c2)c1. The maximum Gasteiger partial charge on any atom is 0.417 e. The van der Waals surface area contributed by atoms with E-state index in [1.807, 2.05) is 36.4 Å². The van der Waals surface area contributed by atoms with E-state index in [4.69, 9.17) is 9.15 Å². The van der Waals surface area contributed by atoms with E-state index in [0.717, 1.165) is 17.0 Å². The Morgan fingerprint density at radius 3 is 2.90 bits per heavy atom. The summed E-state index contributed by atoms with van der Waals surface area (Å²) in [5.74, 6) is 0.388. The number of hydrogen-bond acceptors (Lipinski definition) is 4. The molecule has 0 aliphatic heterocycles. The van der Waals surface area contributed by atoms with Crippen molar-refractivity contribution in [2.75, 3.05) is 12.4 Å². The molecule has 0 saturated heterocycles. The Morgan fingerprint density at radius 1 is 1.24 bits per heavy atom. The molecule has 108 valence electrons. The number of H-pyrrole nitrogens is 1. The van der Waals surface area contributed by atoms with Crippen molar-refractivity contribution in [3.63, 3.8) is 0 Å². The van der Waals surface area contributed by atoms with E-state index in [9.17, 15) is 4.79 Å². The Balaban J connectivity index is 1.84. The van der Waals surface area contributed by atoms with Gasteiger partial charge in [0.1, 0.15) is 5.75 Å². The Kier molecular flexibility index (Phi) is 3.39. The van der Waals surface area contributed by atoms with Crippen LogP contribution in [0.4, 0.5) is 5.69 Å². The van der Waals surface area contributed by atoms with Gasteiger partial charge < -0.3 is 14.5 Å². The predicted molar refractivity (Wildman–Crippen MR) is 81.9 cm³/mol. The molecule has 0 bridgehead atoms. The minimum absolute atomic E-state index is 0.108. The Bertz CT molecular complexity index is 820. The standard InChI is InChI=1S/C16H16N2O3/c1-10(11-4-3-5-13(8-11)20-2)17-12-6-7-15-14(9-12)18-16(19)21-15/h3-10,17H,1-2H3,(H,18,19). The number of nitrogens with one attached hydrogen (secondary N) is 2. The van der Waals surface area contributed by atoms with Crippen LogP contribution < -0.4 is 15.8 Å². The van der Waals surface area contributed by atoms with Crippen LogP contribution in [-0.2, 0) is 0 Å². The minimum atomic E-state index is -0.442. The maximum absolute atomic E-state index is 11.2. The van der Waals surface area contributed by atoms with Crippen LogP contribution in [0, 0.1) is 0 Å². The van der Waals surface area contributed by atoms with Gasteiger partial charge in [0, 0.05) is 11.7 Å². The molecule has 1 aromatic heterocycles. The van der Waals surface area contributed by atoms with Gasteiger partial charge in [0.25, 0.3) is 0 Å². The van der Waals surface area contributed by atoms with E-state index in [-0.39, 0.29) is 6.04 Å².